The summed E-state index contributed by atoms with van der Waals surface area (Å²) in [6, 6.07) is -0.0611. The van der Waals surface area contributed by atoms with E-state index in [2.05, 4.69) is 5.32 Å². The minimum Gasteiger partial charge on any atom is -0.324 e. The third kappa shape index (κ3) is 1.12. The number of carbonyl (C=O) groups excluding carboxylic acids is 2. The Morgan fingerprint density at radius 2 is 2.00 bits per heavy atom. The van der Waals surface area contributed by atoms with Gasteiger partial charge in [-0.25, -0.2) is 4.79 Å². The number of nitrogens with zero attached hydrogens (tertiary/aromatic N) is 1. The fourth-order valence-corrected chi connectivity index (χ4v) is 1.75. The van der Waals surface area contributed by atoms with Crippen molar-refractivity contribution in [2.45, 2.75) is 44.7 Å². The van der Waals surface area contributed by atoms with Gasteiger partial charge in [0, 0.05) is 6.04 Å². The molecule has 0 aromatic heterocycles. The molecule has 1 aliphatic carbocycles. The molecule has 1 N–H and O–H groups in total. The Bertz CT molecular complexity index is 269. The summed E-state index contributed by atoms with van der Waals surface area (Å²) in [7, 11) is 0. The Labute approximate surface area is 77.3 Å². The van der Waals surface area contributed by atoms with E-state index >= 15 is 0 Å². The van der Waals surface area contributed by atoms with Crippen LogP contribution >= 0.6 is 0 Å². The Morgan fingerprint density at radius 1 is 1.38 bits per heavy atom. The van der Waals surface area contributed by atoms with Gasteiger partial charge in [0.05, 0.1) is 0 Å². The van der Waals surface area contributed by atoms with E-state index in [1.807, 2.05) is 0 Å². The first-order valence-electron chi connectivity index (χ1n) is 4.68. The van der Waals surface area contributed by atoms with Crippen LogP contribution in [0.3, 0.4) is 0 Å². The van der Waals surface area contributed by atoms with Gasteiger partial charge in [0.1, 0.15) is 5.54 Å². The number of imide groups is 1. The van der Waals surface area contributed by atoms with Crippen LogP contribution < -0.4 is 5.32 Å². The summed E-state index contributed by atoms with van der Waals surface area (Å²) in [6.45, 7) is 3.48. The summed E-state index contributed by atoms with van der Waals surface area (Å²) in [5, 5.41) is 2.68. The van der Waals surface area contributed by atoms with Gasteiger partial charge >= 0.3 is 6.03 Å². The molecule has 0 atom stereocenters. The number of hydrogen-bond acceptors (Lipinski definition) is 2. The Kier molecular flexibility index (Phi) is 1.62. The van der Waals surface area contributed by atoms with Crippen LogP contribution in [0.25, 0.3) is 0 Å². The third-order valence-corrected chi connectivity index (χ3v) is 2.83. The molecule has 4 heteroatoms. The van der Waals surface area contributed by atoms with Crippen molar-refractivity contribution in [3.8, 4) is 0 Å². The standard InChI is InChI=1S/C9H14N2O2/c1-9(2)7(12)11(8(13)10-9)6-4-3-5-6/h6H,3-5H2,1-2H3,(H,10,13). The molecule has 0 bridgehead atoms. The van der Waals surface area contributed by atoms with Crippen molar-refractivity contribution in [2.24, 2.45) is 0 Å². The van der Waals surface area contributed by atoms with Crippen LogP contribution in [0.1, 0.15) is 33.1 Å². The van der Waals surface area contributed by atoms with E-state index in [-0.39, 0.29) is 18.0 Å². The monoisotopic (exact) mass is 182 g/mol. The molecular weight excluding hydrogens is 168 g/mol. The quantitative estimate of drug-likeness (QED) is 0.612. The molecule has 0 aromatic rings. The lowest BCUT2D eigenvalue weighted by Gasteiger charge is -2.32. The molecule has 0 unspecified atom stereocenters. The second-order valence-electron chi connectivity index (χ2n) is 4.32. The van der Waals surface area contributed by atoms with Gasteiger partial charge in [-0.3, -0.25) is 9.69 Å². The lowest BCUT2D eigenvalue weighted by atomic mass is 9.91. The van der Waals surface area contributed by atoms with Crippen molar-refractivity contribution < 1.29 is 9.59 Å². The van der Waals surface area contributed by atoms with E-state index in [4.69, 9.17) is 0 Å². The molecule has 1 aliphatic heterocycles. The van der Waals surface area contributed by atoms with E-state index < -0.39 is 5.54 Å². The van der Waals surface area contributed by atoms with Crippen LogP contribution in [0.4, 0.5) is 4.79 Å². The third-order valence-electron chi connectivity index (χ3n) is 2.83. The fourth-order valence-electron chi connectivity index (χ4n) is 1.75. The van der Waals surface area contributed by atoms with E-state index in [0.717, 1.165) is 19.3 Å². The molecule has 0 radical (unpaired) electrons. The van der Waals surface area contributed by atoms with Gasteiger partial charge in [-0.15, -0.1) is 0 Å². The Balaban J connectivity index is 2.19. The zero-order valence-corrected chi connectivity index (χ0v) is 7.96. The number of amides is 3. The maximum Gasteiger partial charge on any atom is 0.325 e. The van der Waals surface area contributed by atoms with Gasteiger partial charge in [-0.1, -0.05) is 0 Å². The van der Waals surface area contributed by atoms with Crippen molar-refractivity contribution in [3.05, 3.63) is 0 Å². The second kappa shape index (κ2) is 2.47. The number of hydrogen-bond donors (Lipinski definition) is 1. The van der Waals surface area contributed by atoms with Gasteiger partial charge < -0.3 is 5.32 Å². The normalized spacial score (nSPS) is 27.4. The SMILES string of the molecule is CC1(C)NC(=O)N(C2CCC2)C1=O. The molecule has 2 aliphatic rings. The summed E-state index contributed by atoms with van der Waals surface area (Å²) < 4.78 is 0. The summed E-state index contributed by atoms with van der Waals surface area (Å²) in [5.74, 6) is -0.0813. The van der Waals surface area contributed by atoms with Crippen molar-refractivity contribution in [1.82, 2.24) is 10.2 Å². The first kappa shape index (κ1) is 8.53. The van der Waals surface area contributed by atoms with Gasteiger partial charge in [0.15, 0.2) is 0 Å². The second-order valence-corrected chi connectivity index (χ2v) is 4.32. The van der Waals surface area contributed by atoms with Gasteiger partial charge in [-0.05, 0) is 33.1 Å². The first-order chi connectivity index (χ1) is 6.02. The molecule has 1 heterocycles. The van der Waals surface area contributed by atoms with Crippen LogP contribution in [0.5, 0.6) is 0 Å². The van der Waals surface area contributed by atoms with Crippen molar-refractivity contribution >= 4 is 11.9 Å². The summed E-state index contributed by atoms with van der Waals surface area (Å²) >= 11 is 0. The number of nitrogens with one attached hydrogen (secondary N) is 1. The lowest BCUT2D eigenvalue weighted by molar-refractivity contribution is -0.132. The van der Waals surface area contributed by atoms with Crippen LogP contribution in [-0.4, -0.2) is 28.4 Å². The van der Waals surface area contributed by atoms with E-state index in [0.29, 0.717) is 0 Å². The minimum absolute atomic E-state index is 0.0813. The van der Waals surface area contributed by atoms with Crippen LogP contribution in [-0.2, 0) is 4.79 Å². The molecule has 1 saturated heterocycles. The predicted octanol–water partition coefficient (Wildman–Crippen LogP) is 0.869. The molecule has 3 amide bonds. The highest BCUT2D eigenvalue weighted by molar-refractivity contribution is 6.06. The Hall–Kier alpha value is -1.06. The van der Waals surface area contributed by atoms with Crippen LogP contribution in [0.15, 0.2) is 0 Å². The minimum atomic E-state index is -0.702. The molecular formula is C9H14N2O2. The average molecular weight is 182 g/mol. The van der Waals surface area contributed by atoms with E-state index in [1.54, 1.807) is 13.8 Å². The van der Waals surface area contributed by atoms with Gasteiger partial charge in [0.2, 0.25) is 0 Å². The maximum absolute atomic E-state index is 11.7. The van der Waals surface area contributed by atoms with E-state index in [1.165, 1.54) is 4.90 Å². The molecule has 0 aromatic carbocycles. The molecule has 0 spiro atoms. The fraction of sp³-hybridized carbons (Fsp3) is 0.778. The molecule has 13 heavy (non-hydrogen) atoms. The summed E-state index contributed by atoms with van der Waals surface area (Å²) in [5.41, 5.74) is -0.702. The molecule has 4 nitrogen and oxygen atoms in total. The van der Waals surface area contributed by atoms with Crippen LogP contribution in [0, 0.1) is 0 Å². The zero-order chi connectivity index (χ0) is 9.64. The molecule has 2 fully saturated rings. The molecule has 2 rings (SSSR count). The number of carbonyl (C=O) groups is 2. The molecule has 1 saturated carbocycles. The summed E-state index contributed by atoms with van der Waals surface area (Å²) in [6.07, 6.45) is 3.06. The smallest absolute Gasteiger partial charge is 0.324 e. The van der Waals surface area contributed by atoms with Crippen molar-refractivity contribution in [1.29, 1.82) is 0 Å². The van der Waals surface area contributed by atoms with Gasteiger partial charge in [-0.2, -0.15) is 0 Å². The van der Waals surface area contributed by atoms with Gasteiger partial charge in [0.25, 0.3) is 5.91 Å². The van der Waals surface area contributed by atoms with E-state index in [9.17, 15) is 9.59 Å². The highest BCUT2D eigenvalue weighted by Gasteiger charge is 2.48. The predicted molar refractivity (Wildman–Crippen MR) is 47.1 cm³/mol. The maximum atomic E-state index is 11.7. The Morgan fingerprint density at radius 3 is 2.31 bits per heavy atom. The topological polar surface area (TPSA) is 49.4 Å². The number of urea groups is 1. The average Bonchev–Trinajstić information content (AvgIpc) is 2.08. The van der Waals surface area contributed by atoms with Crippen molar-refractivity contribution in [3.63, 3.8) is 0 Å². The molecule has 72 valence electrons. The van der Waals surface area contributed by atoms with Crippen molar-refractivity contribution in [2.75, 3.05) is 0 Å². The first-order valence-corrected chi connectivity index (χ1v) is 4.68. The highest BCUT2D eigenvalue weighted by atomic mass is 16.2. The summed E-state index contributed by atoms with van der Waals surface area (Å²) in [4.78, 5) is 24.5. The lowest BCUT2D eigenvalue weighted by Crippen LogP contribution is -2.46. The highest BCUT2D eigenvalue weighted by Crippen LogP contribution is 2.29. The zero-order valence-electron chi connectivity index (χ0n) is 7.96. The van der Waals surface area contributed by atoms with Crippen LogP contribution in [0.2, 0.25) is 0 Å². The largest absolute Gasteiger partial charge is 0.325 e. The number of rotatable bonds is 1.